The summed E-state index contributed by atoms with van der Waals surface area (Å²) in [5.41, 5.74) is 1.43. The molecule has 0 radical (unpaired) electrons. The van der Waals surface area contributed by atoms with Gasteiger partial charge in [0.05, 0.1) is 28.5 Å². The highest BCUT2D eigenvalue weighted by molar-refractivity contribution is 6.11. The summed E-state index contributed by atoms with van der Waals surface area (Å²) >= 11 is 0. The largest absolute Gasteiger partial charge is 0.327 e. The quantitative estimate of drug-likeness (QED) is 0.672. The topological polar surface area (TPSA) is 113 Å². The Hall–Kier alpha value is -4.01. The number of rotatable bonds is 3. The van der Waals surface area contributed by atoms with Gasteiger partial charge in [0.2, 0.25) is 11.8 Å². The highest BCUT2D eigenvalue weighted by Gasteiger charge is 2.38. The minimum absolute atomic E-state index is 0.190. The van der Waals surface area contributed by atoms with Crippen molar-refractivity contribution in [2.75, 3.05) is 17.2 Å². The van der Waals surface area contributed by atoms with Gasteiger partial charge in [-0.1, -0.05) is 12.1 Å². The van der Waals surface area contributed by atoms with Crippen LogP contribution >= 0.6 is 0 Å². The average Bonchev–Trinajstić information content (AvgIpc) is 3.23. The fraction of sp³-hybridized carbons (Fsp3) is 0.227. The third-order valence-corrected chi connectivity index (χ3v) is 5.65. The molecular formula is C22H19N5O4. The second kappa shape index (κ2) is 7.35. The molecule has 9 nitrogen and oxygen atoms in total. The zero-order chi connectivity index (χ0) is 21.5. The van der Waals surface area contributed by atoms with E-state index in [1.54, 1.807) is 47.4 Å². The van der Waals surface area contributed by atoms with Gasteiger partial charge in [0.15, 0.2) is 0 Å². The third kappa shape index (κ3) is 3.33. The van der Waals surface area contributed by atoms with Crippen LogP contribution in [0, 0.1) is 0 Å². The van der Waals surface area contributed by atoms with Crippen molar-refractivity contribution in [1.29, 1.82) is 0 Å². The average molecular weight is 417 g/mol. The number of para-hydroxylation sites is 1. The Kier molecular flexibility index (Phi) is 4.50. The van der Waals surface area contributed by atoms with Gasteiger partial charge in [-0.25, -0.2) is 4.98 Å². The van der Waals surface area contributed by atoms with Crippen LogP contribution in [0.1, 0.15) is 23.2 Å². The molecule has 9 heteroatoms. The second-order valence-electron chi connectivity index (χ2n) is 7.65. The molecule has 0 bridgehead atoms. The Morgan fingerprint density at radius 3 is 2.87 bits per heavy atom. The molecule has 1 fully saturated rings. The maximum absolute atomic E-state index is 12.9. The number of carbonyl (C=O) groups excluding carboxylic acids is 3. The lowest BCUT2D eigenvalue weighted by atomic mass is 10.1. The molecule has 3 amide bonds. The van der Waals surface area contributed by atoms with Crippen molar-refractivity contribution in [2.24, 2.45) is 0 Å². The number of nitrogens with zero attached hydrogens (tertiary/aromatic N) is 3. The molecule has 1 saturated heterocycles. The lowest BCUT2D eigenvalue weighted by molar-refractivity contribution is -0.119. The van der Waals surface area contributed by atoms with Crippen LogP contribution in [-0.2, 0) is 16.1 Å². The first-order valence-corrected chi connectivity index (χ1v) is 10.0. The van der Waals surface area contributed by atoms with E-state index in [-0.39, 0.29) is 23.9 Å². The van der Waals surface area contributed by atoms with Gasteiger partial charge in [-0.3, -0.25) is 23.7 Å². The highest BCUT2D eigenvalue weighted by Crippen LogP contribution is 2.30. The Labute approximate surface area is 176 Å². The molecule has 31 heavy (non-hydrogen) atoms. The van der Waals surface area contributed by atoms with Crippen molar-refractivity contribution < 1.29 is 14.4 Å². The molecular weight excluding hydrogens is 398 g/mol. The molecule has 1 aromatic heterocycles. The van der Waals surface area contributed by atoms with E-state index < -0.39 is 11.9 Å². The zero-order valence-electron chi connectivity index (χ0n) is 16.5. The van der Waals surface area contributed by atoms with Gasteiger partial charge in [-0.05, 0) is 43.2 Å². The third-order valence-electron chi connectivity index (χ3n) is 5.65. The number of anilines is 2. The van der Waals surface area contributed by atoms with Gasteiger partial charge in [0.25, 0.3) is 11.5 Å². The molecule has 5 rings (SSSR count). The van der Waals surface area contributed by atoms with E-state index in [0.29, 0.717) is 40.8 Å². The number of amides is 3. The number of carbonyl (C=O) groups is 3. The first-order valence-electron chi connectivity index (χ1n) is 10.0. The maximum Gasteiger partial charge on any atom is 0.261 e. The highest BCUT2D eigenvalue weighted by atomic mass is 16.2. The van der Waals surface area contributed by atoms with E-state index in [1.807, 2.05) is 0 Å². The summed E-state index contributed by atoms with van der Waals surface area (Å²) in [5, 5.41) is 5.95. The summed E-state index contributed by atoms with van der Waals surface area (Å²) < 4.78 is 1.24. The van der Waals surface area contributed by atoms with Gasteiger partial charge in [-0.15, -0.1) is 0 Å². The molecule has 3 heterocycles. The van der Waals surface area contributed by atoms with Crippen LogP contribution in [0.2, 0.25) is 0 Å². The standard InChI is InChI=1S/C22H19N5O4/c28-19(11-26-12-23-16-5-2-1-4-14(16)21(26)30)24-13-7-8-17-15(10-13)22(31)27-9-3-6-18(27)20(29)25-17/h1-2,4-5,7-8,10,12,18H,3,6,9,11H2,(H,24,28)(H,25,29)/t18-/m1/s1. The van der Waals surface area contributed by atoms with E-state index in [1.165, 1.54) is 10.9 Å². The van der Waals surface area contributed by atoms with Crippen LogP contribution in [0.25, 0.3) is 10.9 Å². The van der Waals surface area contributed by atoms with Crippen LogP contribution in [0.4, 0.5) is 11.4 Å². The van der Waals surface area contributed by atoms with Crippen LogP contribution in [-0.4, -0.2) is 44.8 Å². The predicted octanol–water partition coefficient (Wildman–Crippen LogP) is 1.59. The fourth-order valence-electron chi connectivity index (χ4n) is 4.14. The Bertz CT molecular complexity index is 1300. The van der Waals surface area contributed by atoms with Crippen molar-refractivity contribution >= 4 is 40.0 Å². The summed E-state index contributed by atoms with van der Waals surface area (Å²) in [6.45, 7) is 0.317. The first-order chi connectivity index (χ1) is 15.0. The summed E-state index contributed by atoms with van der Waals surface area (Å²) in [7, 11) is 0. The van der Waals surface area contributed by atoms with E-state index in [0.717, 1.165) is 6.42 Å². The molecule has 1 atom stereocenters. The molecule has 156 valence electrons. The van der Waals surface area contributed by atoms with E-state index in [9.17, 15) is 19.2 Å². The lowest BCUT2D eigenvalue weighted by Gasteiger charge is -2.20. The minimum Gasteiger partial charge on any atom is -0.327 e. The number of nitrogens with one attached hydrogen (secondary N) is 2. The summed E-state index contributed by atoms with van der Waals surface area (Å²) in [4.78, 5) is 56.2. The molecule has 0 unspecified atom stereocenters. The molecule has 2 aliphatic rings. The second-order valence-corrected chi connectivity index (χ2v) is 7.65. The van der Waals surface area contributed by atoms with Gasteiger partial charge < -0.3 is 15.5 Å². The Balaban J connectivity index is 1.38. The fourth-order valence-corrected chi connectivity index (χ4v) is 4.14. The number of benzene rings is 2. The Morgan fingerprint density at radius 2 is 2.00 bits per heavy atom. The summed E-state index contributed by atoms with van der Waals surface area (Å²) in [6, 6.07) is 11.2. The maximum atomic E-state index is 12.9. The van der Waals surface area contributed by atoms with Crippen LogP contribution in [0.15, 0.2) is 53.6 Å². The van der Waals surface area contributed by atoms with Gasteiger partial charge in [0.1, 0.15) is 12.6 Å². The normalized spacial score (nSPS) is 17.7. The number of hydrogen-bond donors (Lipinski definition) is 2. The number of hydrogen-bond acceptors (Lipinski definition) is 5. The van der Waals surface area contributed by atoms with Crippen molar-refractivity contribution in [3.05, 3.63) is 64.7 Å². The van der Waals surface area contributed by atoms with Crippen molar-refractivity contribution in [2.45, 2.75) is 25.4 Å². The van der Waals surface area contributed by atoms with Crippen LogP contribution in [0.5, 0.6) is 0 Å². The van der Waals surface area contributed by atoms with Crippen molar-refractivity contribution in [3.63, 3.8) is 0 Å². The van der Waals surface area contributed by atoms with Crippen LogP contribution < -0.4 is 16.2 Å². The monoisotopic (exact) mass is 417 g/mol. The lowest BCUT2D eigenvalue weighted by Crippen LogP contribution is -2.40. The number of aromatic nitrogens is 2. The van der Waals surface area contributed by atoms with Crippen molar-refractivity contribution in [1.82, 2.24) is 14.5 Å². The van der Waals surface area contributed by atoms with E-state index in [4.69, 9.17) is 0 Å². The SMILES string of the molecule is O=C(Cn1cnc2ccccc2c1=O)Nc1ccc2c(c1)C(=O)N1CCC[C@@H]1C(=O)N2. The summed E-state index contributed by atoms with van der Waals surface area (Å²) in [5.74, 6) is -0.852. The molecule has 0 spiro atoms. The smallest absolute Gasteiger partial charge is 0.261 e. The molecule has 0 saturated carbocycles. The Morgan fingerprint density at radius 1 is 1.16 bits per heavy atom. The zero-order valence-corrected chi connectivity index (χ0v) is 16.5. The van der Waals surface area contributed by atoms with E-state index >= 15 is 0 Å². The van der Waals surface area contributed by atoms with Gasteiger partial charge in [-0.2, -0.15) is 0 Å². The van der Waals surface area contributed by atoms with Gasteiger partial charge >= 0.3 is 0 Å². The van der Waals surface area contributed by atoms with Gasteiger partial charge in [0, 0.05) is 12.2 Å². The summed E-state index contributed by atoms with van der Waals surface area (Å²) in [6.07, 6.45) is 2.77. The number of fused-ring (bicyclic) bond motifs is 3. The van der Waals surface area contributed by atoms with Crippen LogP contribution in [0.3, 0.4) is 0 Å². The predicted molar refractivity (Wildman–Crippen MR) is 114 cm³/mol. The first kappa shape index (κ1) is 19.0. The van der Waals surface area contributed by atoms with Crippen molar-refractivity contribution in [3.8, 4) is 0 Å². The molecule has 2 aliphatic heterocycles. The molecule has 2 aromatic carbocycles. The molecule has 0 aliphatic carbocycles. The molecule has 3 aromatic rings. The van der Waals surface area contributed by atoms with E-state index in [2.05, 4.69) is 15.6 Å². The minimum atomic E-state index is -0.454. The molecule has 2 N–H and O–H groups in total.